The van der Waals surface area contributed by atoms with Gasteiger partial charge in [0.25, 0.3) is 0 Å². The molecule has 128 valence electrons. The van der Waals surface area contributed by atoms with Crippen LogP contribution in [0.2, 0.25) is 0 Å². The Morgan fingerprint density at radius 1 is 1.25 bits per heavy atom. The van der Waals surface area contributed by atoms with E-state index in [1.807, 2.05) is 45.9 Å². The van der Waals surface area contributed by atoms with Crippen LogP contribution in [0.5, 0.6) is 11.5 Å². The van der Waals surface area contributed by atoms with Gasteiger partial charge >= 0.3 is 0 Å². The average molecular weight is 330 g/mol. The summed E-state index contributed by atoms with van der Waals surface area (Å²) in [4.78, 5) is 16.6. The molecule has 6 nitrogen and oxygen atoms in total. The molecule has 0 saturated heterocycles. The first-order chi connectivity index (χ1) is 11.3. The number of fused-ring (bicyclic) bond motifs is 1. The minimum atomic E-state index is -0.175. The summed E-state index contributed by atoms with van der Waals surface area (Å²) in [5.41, 5.74) is 1.54. The van der Waals surface area contributed by atoms with Crippen LogP contribution in [0, 0.1) is 6.92 Å². The van der Waals surface area contributed by atoms with E-state index in [1.165, 1.54) is 0 Å². The summed E-state index contributed by atoms with van der Waals surface area (Å²) in [6.45, 7) is 8.62. The zero-order valence-corrected chi connectivity index (χ0v) is 14.4. The first-order valence-corrected chi connectivity index (χ1v) is 7.95. The molecule has 0 fully saturated rings. The maximum absolute atomic E-state index is 12.2. The van der Waals surface area contributed by atoms with Crippen LogP contribution >= 0.6 is 0 Å². The Morgan fingerprint density at radius 2 is 2.00 bits per heavy atom. The summed E-state index contributed by atoms with van der Waals surface area (Å²) < 4.78 is 16.4. The Hall–Kier alpha value is -2.50. The number of rotatable bonds is 4. The van der Waals surface area contributed by atoms with Crippen molar-refractivity contribution in [2.75, 3.05) is 6.79 Å². The summed E-state index contributed by atoms with van der Waals surface area (Å²) in [6.07, 6.45) is 0.180. The van der Waals surface area contributed by atoms with Gasteiger partial charge in [-0.05, 0) is 24.6 Å². The monoisotopic (exact) mass is 330 g/mol. The van der Waals surface area contributed by atoms with Crippen molar-refractivity contribution < 1.29 is 18.7 Å². The molecular formula is C18H22N2O4. The average Bonchev–Trinajstić information content (AvgIpc) is 3.11. The van der Waals surface area contributed by atoms with Crippen LogP contribution < -0.4 is 14.8 Å². The van der Waals surface area contributed by atoms with Crippen molar-refractivity contribution in [3.63, 3.8) is 0 Å². The molecule has 1 N–H and O–H groups in total. The molecule has 0 bridgehead atoms. The summed E-state index contributed by atoms with van der Waals surface area (Å²) in [5.74, 6) is 2.61. The molecule has 24 heavy (non-hydrogen) atoms. The van der Waals surface area contributed by atoms with E-state index in [-0.39, 0.29) is 24.5 Å². The van der Waals surface area contributed by atoms with Crippen LogP contribution in [-0.4, -0.2) is 17.7 Å². The molecule has 0 radical (unpaired) electrons. The van der Waals surface area contributed by atoms with E-state index in [1.54, 1.807) is 0 Å². The lowest BCUT2D eigenvalue weighted by atomic mass is 9.97. The van der Waals surface area contributed by atoms with Gasteiger partial charge < -0.3 is 19.2 Å². The second-order valence-corrected chi connectivity index (χ2v) is 6.92. The number of hydrogen-bond acceptors (Lipinski definition) is 5. The predicted octanol–water partition coefficient (Wildman–Crippen LogP) is 2.87. The highest BCUT2D eigenvalue weighted by molar-refractivity contribution is 5.78. The number of oxazole rings is 1. The highest BCUT2D eigenvalue weighted by Crippen LogP contribution is 2.32. The number of aryl methyl sites for hydroxylation is 1. The van der Waals surface area contributed by atoms with E-state index < -0.39 is 0 Å². The first-order valence-electron chi connectivity index (χ1n) is 7.95. The van der Waals surface area contributed by atoms with Gasteiger partial charge in [-0.2, -0.15) is 0 Å². The van der Waals surface area contributed by atoms with Crippen LogP contribution in [-0.2, 0) is 23.2 Å². The molecule has 2 aromatic rings. The van der Waals surface area contributed by atoms with Crippen LogP contribution in [0.15, 0.2) is 22.6 Å². The summed E-state index contributed by atoms with van der Waals surface area (Å²) in [5, 5.41) is 2.89. The minimum Gasteiger partial charge on any atom is -0.454 e. The van der Waals surface area contributed by atoms with Crippen molar-refractivity contribution in [3.05, 3.63) is 41.1 Å². The van der Waals surface area contributed by atoms with E-state index in [0.29, 0.717) is 23.9 Å². The van der Waals surface area contributed by atoms with Gasteiger partial charge in [0.15, 0.2) is 17.4 Å². The number of aromatic nitrogens is 1. The molecule has 1 aromatic heterocycles. The zero-order valence-electron chi connectivity index (χ0n) is 14.4. The third kappa shape index (κ3) is 3.53. The van der Waals surface area contributed by atoms with Crippen LogP contribution in [0.1, 0.15) is 43.7 Å². The van der Waals surface area contributed by atoms with Gasteiger partial charge in [-0.25, -0.2) is 4.98 Å². The molecule has 0 atom stereocenters. The zero-order chi connectivity index (χ0) is 17.3. The normalized spacial score (nSPS) is 13.2. The largest absolute Gasteiger partial charge is 0.454 e. The SMILES string of the molecule is Cc1nc(C(C)(C)C)oc1CC(=O)NCc1ccc2c(c1)OCO2. The van der Waals surface area contributed by atoms with Crippen molar-refractivity contribution in [1.82, 2.24) is 10.3 Å². The van der Waals surface area contributed by atoms with E-state index in [0.717, 1.165) is 17.0 Å². The Labute approximate surface area is 141 Å². The Morgan fingerprint density at radius 3 is 2.71 bits per heavy atom. The summed E-state index contributed by atoms with van der Waals surface area (Å²) in [7, 11) is 0. The van der Waals surface area contributed by atoms with Gasteiger partial charge in [0.05, 0.1) is 12.1 Å². The number of carbonyl (C=O) groups is 1. The number of nitrogens with one attached hydrogen (secondary N) is 1. The number of amides is 1. The fraction of sp³-hybridized carbons (Fsp3) is 0.444. The van der Waals surface area contributed by atoms with Crippen molar-refractivity contribution in [2.24, 2.45) is 0 Å². The summed E-state index contributed by atoms with van der Waals surface area (Å²) in [6, 6.07) is 5.63. The fourth-order valence-corrected chi connectivity index (χ4v) is 2.37. The highest BCUT2D eigenvalue weighted by Gasteiger charge is 2.23. The first kappa shape index (κ1) is 16.4. The van der Waals surface area contributed by atoms with Gasteiger partial charge in [-0.3, -0.25) is 4.79 Å². The van der Waals surface area contributed by atoms with E-state index >= 15 is 0 Å². The Balaban J connectivity index is 1.59. The van der Waals surface area contributed by atoms with E-state index in [9.17, 15) is 4.79 Å². The van der Waals surface area contributed by atoms with Crippen LogP contribution in [0.25, 0.3) is 0 Å². The van der Waals surface area contributed by atoms with Crippen molar-refractivity contribution >= 4 is 5.91 Å². The molecule has 1 amide bonds. The number of hydrogen-bond donors (Lipinski definition) is 1. The molecule has 1 aromatic carbocycles. The second kappa shape index (κ2) is 6.19. The number of ether oxygens (including phenoxy) is 2. The lowest BCUT2D eigenvalue weighted by Gasteiger charge is -2.12. The molecule has 3 rings (SSSR count). The standard InChI is InChI=1S/C18H22N2O4/c1-11-14(24-17(20-11)18(2,3)4)8-16(21)19-9-12-5-6-13-15(7-12)23-10-22-13/h5-7H,8-10H2,1-4H3,(H,19,21). The molecule has 0 aliphatic carbocycles. The molecule has 1 aliphatic heterocycles. The molecule has 6 heteroatoms. The maximum Gasteiger partial charge on any atom is 0.231 e. The Kier molecular flexibility index (Phi) is 4.22. The second-order valence-electron chi connectivity index (χ2n) is 6.92. The minimum absolute atomic E-state index is 0.104. The van der Waals surface area contributed by atoms with Gasteiger partial charge in [0.1, 0.15) is 5.76 Å². The molecule has 0 unspecified atom stereocenters. The topological polar surface area (TPSA) is 73.6 Å². The van der Waals surface area contributed by atoms with Gasteiger partial charge in [-0.15, -0.1) is 0 Å². The van der Waals surface area contributed by atoms with Gasteiger partial charge in [-0.1, -0.05) is 26.8 Å². The molecule has 2 heterocycles. The number of nitrogens with zero attached hydrogens (tertiary/aromatic N) is 1. The van der Waals surface area contributed by atoms with E-state index in [4.69, 9.17) is 13.9 Å². The highest BCUT2D eigenvalue weighted by atomic mass is 16.7. The fourth-order valence-electron chi connectivity index (χ4n) is 2.37. The molecule has 1 aliphatic rings. The van der Waals surface area contributed by atoms with E-state index in [2.05, 4.69) is 10.3 Å². The molecular weight excluding hydrogens is 308 g/mol. The predicted molar refractivity (Wildman–Crippen MR) is 88.1 cm³/mol. The lowest BCUT2D eigenvalue weighted by Crippen LogP contribution is -2.24. The quantitative estimate of drug-likeness (QED) is 0.933. The smallest absolute Gasteiger partial charge is 0.231 e. The van der Waals surface area contributed by atoms with Crippen LogP contribution in [0.4, 0.5) is 0 Å². The molecule has 0 spiro atoms. The third-order valence-electron chi connectivity index (χ3n) is 3.78. The maximum atomic E-state index is 12.2. The lowest BCUT2D eigenvalue weighted by molar-refractivity contribution is -0.120. The summed E-state index contributed by atoms with van der Waals surface area (Å²) >= 11 is 0. The van der Waals surface area contributed by atoms with Crippen molar-refractivity contribution in [3.8, 4) is 11.5 Å². The van der Waals surface area contributed by atoms with Crippen molar-refractivity contribution in [1.29, 1.82) is 0 Å². The molecule has 0 saturated carbocycles. The van der Waals surface area contributed by atoms with Crippen LogP contribution in [0.3, 0.4) is 0 Å². The Bertz CT molecular complexity index is 759. The third-order valence-corrected chi connectivity index (χ3v) is 3.78. The van der Waals surface area contributed by atoms with Gasteiger partial charge in [0, 0.05) is 12.0 Å². The number of carbonyl (C=O) groups excluding carboxylic acids is 1. The van der Waals surface area contributed by atoms with Crippen molar-refractivity contribution in [2.45, 2.75) is 46.1 Å². The van der Waals surface area contributed by atoms with Gasteiger partial charge in [0.2, 0.25) is 12.7 Å². The number of benzene rings is 1.